The molecule has 1 aliphatic rings. The van der Waals surface area contributed by atoms with E-state index in [1.807, 2.05) is 0 Å². The third-order valence-corrected chi connectivity index (χ3v) is 4.27. The first-order valence-corrected chi connectivity index (χ1v) is 8.08. The van der Waals surface area contributed by atoms with Crippen LogP contribution < -0.4 is 10.6 Å². The highest BCUT2D eigenvalue weighted by molar-refractivity contribution is 7.15. The van der Waals surface area contributed by atoms with Crippen molar-refractivity contribution < 1.29 is 9.18 Å². The quantitative estimate of drug-likeness (QED) is 0.821. The van der Waals surface area contributed by atoms with Gasteiger partial charge in [0.05, 0.1) is 6.54 Å². The molecule has 7 heteroatoms. The molecule has 0 radical (unpaired) electrons. The maximum absolute atomic E-state index is 13.6. The molecule has 1 saturated carbocycles. The second kappa shape index (κ2) is 6.93. The molecule has 0 saturated heterocycles. The van der Waals surface area contributed by atoms with Crippen molar-refractivity contribution >= 4 is 22.4 Å². The van der Waals surface area contributed by atoms with Gasteiger partial charge in [-0.3, -0.25) is 10.1 Å². The third kappa shape index (κ3) is 4.32. The summed E-state index contributed by atoms with van der Waals surface area (Å²) in [4.78, 5) is 11.7. The topological polar surface area (TPSA) is 66.9 Å². The van der Waals surface area contributed by atoms with Crippen LogP contribution in [0, 0.1) is 11.7 Å². The average Bonchev–Trinajstić information content (AvgIpc) is 3.21. The molecule has 3 rings (SSSR count). The molecule has 2 aromatic rings. The molecule has 5 nitrogen and oxygen atoms in total. The Balaban J connectivity index is 1.50. The normalized spacial score (nSPS) is 14.0. The lowest BCUT2D eigenvalue weighted by Gasteiger charge is -2.02. The van der Waals surface area contributed by atoms with E-state index in [1.54, 1.807) is 18.2 Å². The highest BCUT2D eigenvalue weighted by atomic mass is 32.1. The highest BCUT2D eigenvalue weighted by Crippen LogP contribution is 2.27. The Hall–Kier alpha value is -1.86. The Labute approximate surface area is 132 Å². The number of carbonyl (C=O) groups excluding carboxylic acids is 1. The lowest BCUT2D eigenvalue weighted by Crippen LogP contribution is -2.29. The number of nitrogens with zero attached hydrogens (tertiary/aromatic N) is 2. The lowest BCUT2D eigenvalue weighted by atomic mass is 10.1. The Kier molecular flexibility index (Phi) is 4.74. The summed E-state index contributed by atoms with van der Waals surface area (Å²) >= 11 is 1.27. The van der Waals surface area contributed by atoms with Gasteiger partial charge < -0.3 is 5.32 Å². The molecule has 1 heterocycles. The molecule has 116 valence electrons. The average molecular weight is 320 g/mol. The van der Waals surface area contributed by atoms with Crippen molar-refractivity contribution in [2.45, 2.75) is 19.3 Å². The molecule has 0 unspecified atom stereocenters. The van der Waals surface area contributed by atoms with Crippen LogP contribution in [0.25, 0.3) is 0 Å². The molecule has 0 spiro atoms. The zero-order valence-electron chi connectivity index (χ0n) is 12.0. The molecule has 2 N–H and O–H groups in total. The van der Waals surface area contributed by atoms with Gasteiger partial charge in [0.15, 0.2) is 0 Å². The molecule has 0 aliphatic heterocycles. The molecule has 0 atom stereocenters. The predicted molar refractivity (Wildman–Crippen MR) is 83.3 cm³/mol. The van der Waals surface area contributed by atoms with Crippen LogP contribution in [-0.4, -0.2) is 29.2 Å². The van der Waals surface area contributed by atoms with Gasteiger partial charge in [0.2, 0.25) is 11.0 Å². The van der Waals surface area contributed by atoms with Crippen molar-refractivity contribution in [2.24, 2.45) is 5.92 Å². The number of hydrogen-bond donors (Lipinski definition) is 2. The van der Waals surface area contributed by atoms with E-state index in [4.69, 9.17) is 0 Å². The number of nitrogens with one attached hydrogen (secondary N) is 2. The molecule has 1 amide bonds. The van der Waals surface area contributed by atoms with E-state index >= 15 is 0 Å². The zero-order valence-corrected chi connectivity index (χ0v) is 12.8. The minimum Gasteiger partial charge on any atom is -0.308 e. The van der Waals surface area contributed by atoms with Gasteiger partial charge in [-0.2, -0.15) is 0 Å². The van der Waals surface area contributed by atoms with E-state index < -0.39 is 0 Å². The number of hydrogen-bond acceptors (Lipinski definition) is 5. The highest BCUT2D eigenvalue weighted by Gasteiger charge is 2.20. The fourth-order valence-corrected chi connectivity index (χ4v) is 2.83. The van der Waals surface area contributed by atoms with Crippen molar-refractivity contribution in [3.63, 3.8) is 0 Å². The smallest absolute Gasteiger partial charge is 0.240 e. The molecule has 0 bridgehead atoms. The van der Waals surface area contributed by atoms with E-state index in [0.29, 0.717) is 22.1 Å². The number of benzene rings is 1. The van der Waals surface area contributed by atoms with Crippen LogP contribution in [0.4, 0.5) is 9.52 Å². The van der Waals surface area contributed by atoms with E-state index in [9.17, 15) is 9.18 Å². The Morgan fingerprint density at radius 2 is 2.14 bits per heavy atom. The number of anilines is 1. The van der Waals surface area contributed by atoms with Crippen molar-refractivity contribution in [1.82, 2.24) is 15.5 Å². The monoisotopic (exact) mass is 320 g/mol. The van der Waals surface area contributed by atoms with Crippen LogP contribution >= 0.6 is 11.3 Å². The largest absolute Gasteiger partial charge is 0.308 e. The molecular weight excluding hydrogens is 303 g/mol. The predicted octanol–water partition coefficient (Wildman–Crippen LogP) is 2.21. The van der Waals surface area contributed by atoms with Crippen molar-refractivity contribution in [3.05, 3.63) is 40.7 Å². The molecule has 22 heavy (non-hydrogen) atoms. The van der Waals surface area contributed by atoms with Gasteiger partial charge in [0.25, 0.3) is 0 Å². The van der Waals surface area contributed by atoms with Gasteiger partial charge in [-0.15, -0.1) is 10.2 Å². The molecule has 1 aliphatic carbocycles. The van der Waals surface area contributed by atoms with Crippen molar-refractivity contribution in [1.29, 1.82) is 0 Å². The van der Waals surface area contributed by atoms with Crippen LogP contribution in [0.1, 0.15) is 23.4 Å². The summed E-state index contributed by atoms with van der Waals surface area (Å²) in [6, 6.07) is 6.58. The van der Waals surface area contributed by atoms with Crippen LogP contribution in [0.2, 0.25) is 0 Å². The van der Waals surface area contributed by atoms with Gasteiger partial charge >= 0.3 is 0 Å². The number of halogens is 1. The first-order valence-electron chi connectivity index (χ1n) is 7.27. The van der Waals surface area contributed by atoms with Gasteiger partial charge in [-0.25, -0.2) is 4.39 Å². The number of amides is 1. The van der Waals surface area contributed by atoms with E-state index in [-0.39, 0.29) is 18.3 Å². The van der Waals surface area contributed by atoms with E-state index in [1.165, 1.54) is 30.2 Å². The molecule has 1 aromatic carbocycles. The zero-order chi connectivity index (χ0) is 15.4. The number of rotatable bonds is 7. The molecular formula is C15H17FN4OS. The van der Waals surface area contributed by atoms with Crippen LogP contribution in [-0.2, 0) is 11.2 Å². The summed E-state index contributed by atoms with van der Waals surface area (Å²) in [5.74, 6) is 0.350. The first-order chi connectivity index (χ1) is 10.7. The van der Waals surface area contributed by atoms with Crippen molar-refractivity contribution in [2.75, 3.05) is 18.4 Å². The Bertz CT molecular complexity index is 656. The maximum atomic E-state index is 13.6. The summed E-state index contributed by atoms with van der Waals surface area (Å²) in [6.07, 6.45) is 2.88. The number of carbonyl (C=O) groups is 1. The second-order valence-electron chi connectivity index (χ2n) is 5.39. The summed E-state index contributed by atoms with van der Waals surface area (Å²) in [5, 5.41) is 14.9. The lowest BCUT2D eigenvalue weighted by molar-refractivity contribution is -0.115. The fourth-order valence-electron chi connectivity index (χ4n) is 2.06. The van der Waals surface area contributed by atoms with E-state index in [2.05, 4.69) is 20.8 Å². The minimum absolute atomic E-state index is 0.130. The fraction of sp³-hybridized carbons (Fsp3) is 0.400. The van der Waals surface area contributed by atoms with Gasteiger partial charge in [0.1, 0.15) is 10.8 Å². The molecule has 1 fully saturated rings. The van der Waals surface area contributed by atoms with Crippen molar-refractivity contribution in [3.8, 4) is 0 Å². The Morgan fingerprint density at radius 1 is 1.32 bits per heavy atom. The SMILES string of the molecule is O=C(CNCC1CC1)Nc1nnc(Cc2ccccc2F)s1. The van der Waals surface area contributed by atoms with Gasteiger partial charge in [0, 0.05) is 6.42 Å². The van der Waals surface area contributed by atoms with Crippen LogP contribution in [0.5, 0.6) is 0 Å². The van der Waals surface area contributed by atoms with Crippen LogP contribution in [0.3, 0.4) is 0 Å². The number of aromatic nitrogens is 2. The summed E-state index contributed by atoms with van der Waals surface area (Å²) in [7, 11) is 0. The summed E-state index contributed by atoms with van der Waals surface area (Å²) in [6.45, 7) is 1.17. The summed E-state index contributed by atoms with van der Waals surface area (Å²) in [5.41, 5.74) is 0.572. The third-order valence-electron chi connectivity index (χ3n) is 3.43. The minimum atomic E-state index is -0.257. The van der Waals surface area contributed by atoms with Gasteiger partial charge in [-0.05, 0) is 36.9 Å². The van der Waals surface area contributed by atoms with Gasteiger partial charge in [-0.1, -0.05) is 29.5 Å². The Morgan fingerprint density at radius 3 is 2.91 bits per heavy atom. The van der Waals surface area contributed by atoms with E-state index in [0.717, 1.165) is 12.5 Å². The standard InChI is InChI=1S/C15H17FN4OS/c16-12-4-2-1-3-11(12)7-14-19-20-15(22-14)18-13(21)9-17-8-10-5-6-10/h1-4,10,17H,5-9H2,(H,18,20,21). The second-order valence-corrected chi connectivity index (χ2v) is 6.45. The first kappa shape index (κ1) is 15.1. The maximum Gasteiger partial charge on any atom is 0.240 e. The summed E-state index contributed by atoms with van der Waals surface area (Å²) < 4.78 is 13.6. The molecule has 1 aromatic heterocycles. The van der Waals surface area contributed by atoms with Crippen LogP contribution in [0.15, 0.2) is 24.3 Å².